The Balaban J connectivity index is 2.03. The Bertz CT molecular complexity index is 408. The average molecular weight is 277 g/mol. The molecule has 0 bridgehead atoms. The molecule has 1 atom stereocenters. The maximum atomic E-state index is 5.75. The van der Waals surface area contributed by atoms with Gasteiger partial charge in [0.1, 0.15) is 0 Å². The molecule has 0 amide bonds. The van der Waals surface area contributed by atoms with E-state index >= 15 is 0 Å². The molecule has 0 saturated carbocycles. The summed E-state index contributed by atoms with van der Waals surface area (Å²) in [4.78, 5) is 6.72. The van der Waals surface area contributed by atoms with Gasteiger partial charge in [0.05, 0.1) is 24.6 Å². The van der Waals surface area contributed by atoms with Gasteiger partial charge in [0, 0.05) is 25.8 Å². The van der Waals surface area contributed by atoms with Gasteiger partial charge in [0.25, 0.3) is 0 Å². The van der Waals surface area contributed by atoms with E-state index < -0.39 is 0 Å². The van der Waals surface area contributed by atoms with Crippen molar-refractivity contribution in [3.05, 3.63) is 24.0 Å². The van der Waals surface area contributed by atoms with Crippen LogP contribution >= 0.6 is 0 Å². The molecule has 4 nitrogen and oxygen atoms in total. The Hall–Kier alpha value is -1.13. The van der Waals surface area contributed by atoms with Crippen molar-refractivity contribution in [1.82, 2.24) is 10.3 Å². The number of nitrogens with one attached hydrogen (secondary N) is 1. The molecule has 1 saturated heterocycles. The van der Waals surface area contributed by atoms with Gasteiger partial charge < -0.3 is 15.0 Å². The number of aromatic nitrogens is 1. The first kappa shape index (κ1) is 15.3. The van der Waals surface area contributed by atoms with Gasteiger partial charge in [-0.25, -0.2) is 0 Å². The van der Waals surface area contributed by atoms with Gasteiger partial charge in [-0.05, 0) is 30.5 Å². The number of rotatable bonds is 6. The van der Waals surface area contributed by atoms with Crippen molar-refractivity contribution in [2.24, 2.45) is 5.92 Å². The van der Waals surface area contributed by atoms with Crippen LogP contribution in [0.15, 0.2) is 18.5 Å². The average Bonchev–Trinajstić information content (AvgIpc) is 2.47. The van der Waals surface area contributed by atoms with E-state index in [0.29, 0.717) is 12.0 Å². The van der Waals surface area contributed by atoms with Gasteiger partial charge in [-0.1, -0.05) is 20.8 Å². The van der Waals surface area contributed by atoms with Gasteiger partial charge in [-0.15, -0.1) is 0 Å². The minimum absolute atomic E-state index is 0.348. The van der Waals surface area contributed by atoms with Crippen LogP contribution in [0.25, 0.3) is 0 Å². The molecule has 0 radical (unpaired) electrons. The molecular weight excluding hydrogens is 250 g/mol. The van der Waals surface area contributed by atoms with E-state index in [9.17, 15) is 0 Å². The van der Waals surface area contributed by atoms with Gasteiger partial charge in [0.15, 0.2) is 0 Å². The summed E-state index contributed by atoms with van der Waals surface area (Å²) >= 11 is 0. The monoisotopic (exact) mass is 277 g/mol. The van der Waals surface area contributed by atoms with E-state index in [0.717, 1.165) is 39.2 Å². The van der Waals surface area contributed by atoms with Gasteiger partial charge in [0.2, 0.25) is 0 Å². The third-order valence-corrected chi connectivity index (χ3v) is 3.69. The van der Waals surface area contributed by atoms with E-state index in [2.05, 4.69) is 42.0 Å². The molecule has 1 fully saturated rings. The fourth-order valence-electron chi connectivity index (χ4n) is 2.53. The van der Waals surface area contributed by atoms with Crippen molar-refractivity contribution in [1.29, 1.82) is 0 Å². The lowest BCUT2D eigenvalue weighted by atomic mass is 10.1. The predicted octanol–water partition coefficient (Wildman–Crippen LogP) is 2.44. The number of pyridine rings is 1. The summed E-state index contributed by atoms with van der Waals surface area (Å²) in [5.41, 5.74) is 2.59. The first-order chi connectivity index (χ1) is 9.70. The fraction of sp³-hybridized carbons (Fsp3) is 0.688. The number of anilines is 1. The van der Waals surface area contributed by atoms with Crippen molar-refractivity contribution in [2.75, 3.05) is 31.1 Å². The zero-order valence-electron chi connectivity index (χ0n) is 12.9. The van der Waals surface area contributed by atoms with Crippen molar-refractivity contribution >= 4 is 5.69 Å². The third-order valence-electron chi connectivity index (χ3n) is 3.69. The molecule has 112 valence electrons. The van der Waals surface area contributed by atoms with Crippen molar-refractivity contribution in [2.45, 2.75) is 39.8 Å². The highest BCUT2D eigenvalue weighted by atomic mass is 16.5. The highest BCUT2D eigenvalue weighted by Crippen LogP contribution is 2.22. The van der Waals surface area contributed by atoms with Crippen LogP contribution in [0.1, 0.15) is 32.8 Å². The molecule has 1 N–H and O–H groups in total. The molecule has 0 aromatic carbocycles. The summed E-state index contributed by atoms with van der Waals surface area (Å²) in [6.45, 7) is 11.3. The number of morpholine rings is 1. The third kappa shape index (κ3) is 4.18. The zero-order chi connectivity index (χ0) is 14.4. The minimum Gasteiger partial charge on any atom is -0.375 e. The first-order valence-electron chi connectivity index (χ1n) is 7.70. The molecule has 2 rings (SSSR count). The SMILES string of the molecule is CCC1CN(c2cnccc2CNCC(C)C)CCO1. The molecule has 1 aromatic rings. The van der Waals surface area contributed by atoms with Crippen LogP contribution in [-0.2, 0) is 11.3 Å². The summed E-state index contributed by atoms with van der Waals surface area (Å²) in [7, 11) is 0. The first-order valence-corrected chi connectivity index (χ1v) is 7.70. The number of hydrogen-bond donors (Lipinski definition) is 1. The molecule has 1 aliphatic rings. The smallest absolute Gasteiger partial charge is 0.0748 e. The maximum Gasteiger partial charge on any atom is 0.0748 e. The zero-order valence-corrected chi connectivity index (χ0v) is 12.9. The van der Waals surface area contributed by atoms with Crippen molar-refractivity contribution in [3.8, 4) is 0 Å². The standard InChI is InChI=1S/C16H27N3O/c1-4-15-12-19(7-8-20-15)16-11-17-6-5-14(16)10-18-9-13(2)3/h5-6,11,13,15,18H,4,7-10,12H2,1-3H3. The second-order valence-electron chi connectivity index (χ2n) is 5.88. The largest absolute Gasteiger partial charge is 0.375 e. The molecule has 2 heterocycles. The molecule has 20 heavy (non-hydrogen) atoms. The Labute approximate surface area is 122 Å². The number of ether oxygens (including phenoxy) is 1. The molecule has 0 aliphatic carbocycles. The Morgan fingerprint density at radius 1 is 1.50 bits per heavy atom. The molecular formula is C16H27N3O. The molecule has 4 heteroatoms. The number of nitrogens with zero attached hydrogens (tertiary/aromatic N) is 2. The topological polar surface area (TPSA) is 37.4 Å². The van der Waals surface area contributed by atoms with Gasteiger partial charge in [-0.3, -0.25) is 4.98 Å². The number of hydrogen-bond acceptors (Lipinski definition) is 4. The summed E-state index contributed by atoms with van der Waals surface area (Å²) in [6, 6.07) is 2.12. The van der Waals surface area contributed by atoms with Gasteiger partial charge in [-0.2, -0.15) is 0 Å². The molecule has 1 aromatic heterocycles. The molecule has 1 aliphatic heterocycles. The Morgan fingerprint density at radius 2 is 2.35 bits per heavy atom. The predicted molar refractivity (Wildman–Crippen MR) is 83.0 cm³/mol. The van der Waals surface area contributed by atoms with Crippen molar-refractivity contribution < 1.29 is 4.74 Å². The Kier molecular flexibility index (Phi) is 5.80. The van der Waals surface area contributed by atoms with Gasteiger partial charge >= 0.3 is 0 Å². The van der Waals surface area contributed by atoms with E-state index in [1.165, 1.54) is 11.3 Å². The van der Waals surface area contributed by atoms with E-state index in [-0.39, 0.29) is 0 Å². The summed E-state index contributed by atoms with van der Waals surface area (Å²) < 4.78 is 5.75. The maximum absolute atomic E-state index is 5.75. The second-order valence-corrected chi connectivity index (χ2v) is 5.88. The lowest BCUT2D eigenvalue weighted by molar-refractivity contribution is 0.0383. The van der Waals surface area contributed by atoms with Crippen LogP contribution in [0.3, 0.4) is 0 Å². The minimum atomic E-state index is 0.348. The van der Waals surface area contributed by atoms with Crippen molar-refractivity contribution in [3.63, 3.8) is 0 Å². The van der Waals surface area contributed by atoms with Crippen LogP contribution in [0, 0.1) is 5.92 Å². The van der Waals surface area contributed by atoms with E-state index in [4.69, 9.17) is 4.74 Å². The quantitative estimate of drug-likeness (QED) is 0.866. The summed E-state index contributed by atoms with van der Waals surface area (Å²) in [5, 5.41) is 3.52. The normalized spacial score (nSPS) is 19.6. The fourth-order valence-corrected chi connectivity index (χ4v) is 2.53. The molecule has 1 unspecified atom stereocenters. The Morgan fingerprint density at radius 3 is 3.10 bits per heavy atom. The summed E-state index contributed by atoms with van der Waals surface area (Å²) in [5.74, 6) is 0.674. The summed E-state index contributed by atoms with van der Waals surface area (Å²) in [6.07, 6.45) is 5.29. The highest BCUT2D eigenvalue weighted by molar-refractivity contribution is 5.52. The lowest BCUT2D eigenvalue weighted by Crippen LogP contribution is -2.42. The highest BCUT2D eigenvalue weighted by Gasteiger charge is 2.21. The van der Waals surface area contributed by atoms with E-state index in [1.807, 2.05) is 12.4 Å². The second kappa shape index (κ2) is 7.60. The van der Waals surface area contributed by atoms with Crippen LogP contribution in [0.5, 0.6) is 0 Å². The van der Waals surface area contributed by atoms with E-state index in [1.54, 1.807) is 0 Å². The van der Waals surface area contributed by atoms with Crippen LogP contribution in [0.4, 0.5) is 5.69 Å². The lowest BCUT2D eigenvalue weighted by Gasteiger charge is -2.35. The van der Waals surface area contributed by atoms with Crippen LogP contribution in [-0.4, -0.2) is 37.3 Å². The molecule has 0 spiro atoms. The van der Waals surface area contributed by atoms with Crippen LogP contribution in [0.2, 0.25) is 0 Å². The van der Waals surface area contributed by atoms with Crippen LogP contribution < -0.4 is 10.2 Å².